The molecule has 7 heteroatoms. The molecule has 0 saturated heterocycles. The number of rotatable bonds is 1. The average molecular weight is 293 g/mol. The van der Waals surface area contributed by atoms with Crippen LogP contribution >= 0.6 is 0 Å². The molecule has 0 radical (unpaired) electrons. The van der Waals surface area contributed by atoms with Crippen LogP contribution in [0, 0.1) is 10.1 Å². The molecule has 0 saturated carbocycles. The molecule has 0 fully saturated rings. The normalized spacial score (nSPS) is 11.3. The summed E-state index contributed by atoms with van der Waals surface area (Å²) in [6.45, 7) is 0. The monoisotopic (exact) mass is 293 g/mol. The molecule has 22 heavy (non-hydrogen) atoms. The van der Waals surface area contributed by atoms with E-state index < -0.39 is 4.92 Å². The molecule has 0 unspecified atom stereocenters. The van der Waals surface area contributed by atoms with Gasteiger partial charge in [0.1, 0.15) is 11.2 Å². The first-order chi connectivity index (χ1) is 10.6. The number of nitro groups is 1. The Morgan fingerprint density at radius 1 is 1.14 bits per heavy atom. The number of nitro benzene ring substituents is 1. The smallest absolute Gasteiger partial charge is 0.298 e. The van der Waals surface area contributed by atoms with Crippen LogP contribution in [-0.4, -0.2) is 14.9 Å². The fourth-order valence-corrected chi connectivity index (χ4v) is 2.46. The van der Waals surface area contributed by atoms with E-state index in [9.17, 15) is 14.9 Å². The lowest BCUT2D eigenvalue weighted by molar-refractivity contribution is -0.383. The van der Waals surface area contributed by atoms with Gasteiger partial charge in [-0.15, -0.1) is 0 Å². The summed E-state index contributed by atoms with van der Waals surface area (Å²) in [4.78, 5) is 31.1. The van der Waals surface area contributed by atoms with Crippen molar-refractivity contribution in [2.24, 2.45) is 0 Å². The molecular formula is C15H7N3O4. The van der Waals surface area contributed by atoms with Crippen molar-refractivity contribution in [3.05, 3.63) is 62.9 Å². The van der Waals surface area contributed by atoms with Crippen LogP contribution in [0.15, 0.2) is 51.8 Å². The number of non-ortho nitro benzene ring substituents is 1. The first kappa shape index (κ1) is 12.4. The standard InChI is InChI=1S/C15H7N3O4/c19-10-7-12-14(8-3-2-6-16-13(8)10)17-15-9(18(20)21)4-1-5-11(15)22-12/h1-7H. The lowest BCUT2D eigenvalue weighted by Gasteiger charge is -2.08. The maximum atomic E-state index is 12.0. The average Bonchev–Trinajstić information content (AvgIpc) is 2.53. The van der Waals surface area contributed by atoms with Crippen molar-refractivity contribution in [2.75, 3.05) is 0 Å². The molecule has 7 nitrogen and oxygen atoms in total. The molecule has 0 N–H and O–H groups in total. The molecule has 0 spiro atoms. The quantitative estimate of drug-likeness (QED) is 0.231. The highest BCUT2D eigenvalue weighted by atomic mass is 16.6. The summed E-state index contributed by atoms with van der Waals surface area (Å²) in [5.74, 6) is 0.276. The van der Waals surface area contributed by atoms with Gasteiger partial charge < -0.3 is 4.42 Å². The van der Waals surface area contributed by atoms with Gasteiger partial charge in [0.2, 0.25) is 5.43 Å². The van der Waals surface area contributed by atoms with E-state index in [1.54, 1.807) is 18.2 Å². The third kappa shape index (κ3) is 1.65. The molecule has 106 valence electrons. The van der Waals surface area contributed by atoms with E-state index in [4.69, 9.17) is 4.42 Å². The summed E-state index contributed by atoms with van der Waals surface area (Å²) in [5, 5.41) is 11.6. The Labute approximate surface area is 122 Å². The van der Waals surface area contributed by atoms with Crippen LogP contribution in [0.5, 0.6) is 0 Å². The Kier molecular flexibility index (Phi) is 2.43. The number of nitrogens with zero attached hydrogens (tertiary/aromatic N) is 3. The van der Waals surface area contributed by atoms with Crippen molar-refractivity contribution < 1.29 is 9.34 Å². The summed E-state index contributed by atoms with van der Waals surface area (Å²) in [7, 11) is 0. The highest BCUT2D eigenvalue weighted by molar-refractivity contribution is 5.95. The minimum Gasteiger partial charge on any atom is -0.452 e. The van der Waals surface area contributed by atoms with Gasteiger partial charge >= 0.3 is 0 Å². The van der Waals surface area contributed by atoms with E-state index in [2.05, 4.69) is 9.97 Å². The lowest BCUT2D eigenvalue weighted by atomic mass is 10.1. The second-order valence-corrected chi connectivity index (χ2v) is 4.72. The lowest BCUT2D eigenvalue weighted by Crippen LogP contribution is -2.05. The largest absolute Gasteiger partial charge is 0.452 e. The number of hydrogen-bond donors (Lipinski definition) is 0. The third-order valence-electron chi connectivity index (χ3n) is 3.41. The van der Waals surface area contributed by atoms with Gasteiger partial charge in [-0.2, -0.15) is 0 Å². The zero-order valence-electron chi connectivity index (χ0n) is 11.0. The maximum absolute atomic E-state index is 12.0. The van der Waals surface area contributed by atoms with Crippen molar-refractivity contribution in [3.63, 3.8) is 0 Å². The summed E-state index contributed by atoms with van der Waals surface area (Å²) >= 11 is 0. The van der Waals surface area contributed by atoms with Crippen molar-refractivity contribution in [1.29, 1.82) is 0 Å². The number of fused-ring (bicyclic) bond motifs is 4. The number of para-hydroxylation sites is 1. The van der Waals surface area contributed by atoms with Gasteiger partial charge in [0.05, 0.1) is 4.92 Å². The second-order valence-electron chi connectivity index (χ2n) is 4.72. The molecular weight excluding hydrogens is 286 g/mol. The Morgan fingerprint density at radius 3 is 2.82 bits per heavy atom. The molecule has 2 aromatic rings. The van der Waals surface area contributed by atoms with Gasteiger partial charge in [-0.1, -0.05) is 6.07 Å². The molecule has 1 aliphatic heterocycles. The molecule has 1 aromatic carbocycles. The first-order valence-corrected chi connectivity index (χ1v) is 6.41. The van der Waals surface area contributed by atoms with E-state index in [-0.39, 0.29) is 33.5 Å². The van der Waals surface area contributed by atoms with Crippen molar-refractivity contribution in [2.45, 2.75) is 0 Å². The fraction of sp³-hybridized carbons (Fsp3) is 0. The predicted octanol–water partition coefficient (Wildman–Crippen LogP) is 2.75. The van der Waals surface area contributed by atoms with Gasteiger partial charge in [0.25, 0.3) is 5.69 Å². The van der Waals surface area contributed by atoms with Crippen LogP contribution in [0.4, 0.5) is 5.69 Å². The van der Waals surface area contributed by atoms with Crippen molar-refractivity contribution in [3.8, 4) is 11.5 Å². The van der Waals surface area contributed by atoms with Crippen LogP contribution in [0.3, 0.4) is 0 Å². The number of hydrogen-bond acceptors (Lipinski definition) is 6. The molecule has 1 aromatic heterocycles. The van der Waals surface area contributed by atoms with Gasteiger partial charge in [-0.3, -0.25) is 19.9 Å². The van der Waals surface area contributed by atoms with Crippen molar-refractivity contribution in [1.82, 2.24) is 9.97 Å². The van der Waals surface area contributed by atoms with Gasteiger partial charge in [0, 0.05) is 23.7 Å². The molecule has 0 bridgehead atoms. The van der Waals surface area contributed by atoms with E-state index in [1.165, 1.54) is 24.4 Å². The fourth-order valence-electron chi connectivity index (χ4n) is 2.46. The first-order valence-electron chi connectivity index (χ1n) is 6.41. The van der Waals surface area contributed by atoms with Gasteiger partial charge in [0.15, 0.2) is 16.9 Å². The Bertz CT molecular complexity index is 1090. The van der Waals surface area contributed by atoms with E-state index in [0.717, 1.165) is 0 Å². The van der Waals surface area contributed by atoms with Crippen LogP contribution in [0.1, 0.15) is 0 Å². The SMILES string of the molecule is O=c1cc2oc3cccc([N+](=O)[O-])c3nc-2c2cccnc12. The van der Waals surface area contributed by atoms with E-state index in [0.29, 0.717) is 11.1 Å². The Balaban J connectivity index is 2.26. The third-order valence-corrected chi connectivity index (χ3v) is 3.41. The predicted molar refractivity (Wildman–Crippen MR) is 78.9 cm³/mol. The highest BCUT2D eigenvalue weighted by Gasteiger charge is 2.20. The summed E-state index contributed by atoms with van der Waals surface area (Å²) in [6.07, 6.45) is 1.51. The summed E-state index contributed by atoms with van der Waals surface area (Å²) < 4.78 is 5.63. The molecule has 4 rings (SSSR count). The van der Waals surface area contributed by atoms with Crippen LogP contribution in [0.2, 0.25) is 0 Å². The topological polar surface area (TPSA) is 99.1 Å². The maximum Gasteiger partial charge on any atom is 0.298 e. The molecule has 0 atom stereocenters. The van der Waals surface area contributed by atoms with Crippen LogP contribution in [-0.2, 0) is 0 Å². The van der Waals surface area contributed by atoms with Crippen LogP contribution < -0.4 is 5.43 Å². The summed E-state index contributed by atoms with van der Waals surface area (Å²) in [6, 6.07) is 9.11. The van der Waals surface area contributed by atoms with E-state index in [1.807, 2.05) is 0 Å². The zero-order valence-corrected chi connectivity index (χ0v) is 11.0. The van der Waals surface area contributed by atoms with Crippen LogP contribution in [0.25, 0.3) is 33.5 Å². The van der Waals surface area contributed by atoms with Crippen molar-refractivity contribution >= 4 is 27.7 Å². The minimum absolute atomic E-state index is 0.142. The Morgan fingerprint density at radius 2 is 2.00 bits per heavy atom. The second kappa shape index (κ2) is 4.32. The number of pyridine rings is 1. The summed E-state index contributed by atoms with van der Waals surface area (Å²) in [5.41, 5.74) is 0.609. The number of aromatic nitrogens is 2. The highest BCUT2D eigenvalue weighted by Crippen LogP contribution is 2.32. The molecule has 1 aliphatic carbocycles. The molecule has 2 aliphatic rings. The minimum atomic E-state index is -0.515. The zero-order chi connectivity index (χ0) is 15.3. The van der Waals surface area contributed by atoms with Gasteiger partial charge in [-0.05, 0) is 18.2 Å². The Hall–Kier alpha value is -3.35. The van der Waals surface area contributed by atoms with Gasteiger partial charge in [-0.25, -0.2) is 4.98 Å². The van der Waals surface area contributed by atoms with E-state index >= 15 is 0 Å². The molecule has 0 amide bonds. The number of benzene rings is 2. The molecule has 2 heterocycles.